The highest BCUT2D eigenvalue weighted by Crippen LogP contribution is 2.23. The maximum absolute atomic E-state index is 9.10. The molecule has 2 rings (SSSR count). The topological polar surface area (TPSA) is 50.1 Å². The van der Waals surface area contributed by atoms with E-state index in [1.807, 2.05) is 35.3 Å². The van der Waals surface area contributed by atoms with E-state index >= 15 is 0 Å². The van der Waals surface area contributed by atoms with E-state index in [0.717, 1.165) is 10.7 Å². The van der Waals surface area contributed by atoms with Crippen molar-refractivity contribution in [3.05, 3.63) is 40.6 Å². The molecule has 0 aromatic carbocycles. The highest BCUT2D eigenvalue weighted by molar-refractivity contribution is 7.10. The average Bonchev–Trinajstić information content (AvgIpc) is 2.80. The lowest BCUT2D eigenvalue weighted by Crippen LogP contribution is -2.20. The van der Waals surface area contributed by atoms with Gasteiger partial charge in [0.05, 0.1) is 0 Å². The van der Waals surface area contributed by atoms with Crippen LogP contribution in [-0.4, -0.2) is 14.8 Å². The summed E-state index contributed by atoms with van der Waals surface area (Å²) in [6.45, 7) is 0. The highest BCUT2D eigenvalue weighted by Gasteiger charge is 2.17. The van der Waals surface area contributed by atoms with E-state index in [1.165, 1.54) is 0 Å². The lowest BCUT2D eigenvalue weighted by molar-refractivity contribution is 0.138. The van der Waals surface area contributed by atoms with Crippen molar-refractivity contribution in [2.75, 3.05) is 0 Å². The Labute approximate surface area is 85.8 Å². The lowest BCUT2D eigenvalue weighted by Gasteiger charge is -2.12. The summed E-state index contributed by atoms with van der Waals surface area (Å²) >= 11 is 1.59. The van der Waals surface area contributed by atoms with Crippen LogP contribution in [0.15, 0.2) is 29.9 Å². The van der Waals surface area contributed by atoms with Gasteiger partial charge in [0.2, 0.25) is 0 Å². The van der Waals surface area contributed by atoms with Crippen molar-refractivity contribution < 1.29 is 5.21 Å². The predicted molar refractivity (Wildman–Crippen MR) is 54.3 cm³/mol. The van der Waals surface area contributed by atoms with Crippen LogP contribution >= 0.6 is 11.3 Å². The number of thiophene rings is 1. The zero-order chi connectivity index (χ0) is 9.97. The molecule has 1 unspecified atom stereocenters. The number of hydrogen-bond acceptors (Lipinski definition) is 4. The van der Waals surface area contributed by atoms with Crippen molar-refractivity contribution >= 4 is 11.3 Å². The summed E-state index contributed by atoms with van der Waals surface area (Å²) in [6, 6.07) is 3.68. The third-order valence-corrected chi connectivity index (χ3v) is 3.01. The second-order valence-electron chi connectivity index (χ2n) is 2.97. The number of hydroxylamine groups is 1. The number of aromatic nitrogens is 2. The quantitative estimate of drug-likeness (QED) is 0.754. The molecule has 0 fully saturated rings. The molecule has 0 bridgehead atoms. The van der Waals surface area contributed by atoms with Gasteiger partial charge in [-0.15, -0.1) is 11.3 Å². The second-order valence-corrected chi connectivity index (χ2v) is 3.95. The zero-order valence-electron chi connectivity index (χ0n) is 7.71. The molecule has 74 valence electrons. The van der Waals surface area contributed by atoms with Crippen molar-refractivity contribution in [3.63, 3.8) is 0 Å². The highest BCUT2D eigenvalue weighted by atomic mass is 32.1. The van der Waals surface area contributed by atoms with Gasteiger partial charge in [-0.1, -0.05) is 6.07 Å². The molecule has 0 spiro atoms. The van der Waals surface area contributed by atoms with Crippen molar-refractivity contribution in [1.82, 2.24) is 15.0 Å². The van der Waals surface area contributed by atoms with E-state index in [1.54, 1.807) is 17.5 Å². The van der Waals surface area contributed by atoms with Gasteiger partial charge in [0, 0.05) is 24.3 Å². The smallest absolute Gasteiger partial charge is 0.133 e. The molecule has 0 amide bonds. The van der Waals surface area contributed by atoms with Crippen LogP contribution in [0.5, 0.6) is 0 Å². The molecule has 0 saturated heterocycles. The predicted octanol–water partition coefficient (Wildman–Crippen LogP) is 1.55. The fourth-order valence-electron chi connectivity index (χ4n) is 1.36. The number of rotatable bonds is 3. The Morgan fingerprint density at radius 1 is 1.64 bits per heavy atom. The summed E-state index contributed by atoms with van der Waals surface area (Å²) in [7, 11) is 1.90. The Morgan fingerprint density at radius 2 is 2.50 bits per heavy atom. The van der Waals surface area contributed by atoms with E-state index in [4.69, 9.17) is 5.21 Å². The van der Waals surface area contributed by atoms with E-state index in [0.29, 0.717) is 0 Å². The largest absolute Gasteiger partial charge is 0.336 e. The zero-order valence-corrected chi connectivity index (χ0v) is 8.53. The minimum absolute atomic E-state index is 0.241. The fraction of sp³-hybridized carbons (Fsp3) is 0.222. The number of aryl methyl sites for hydroxylation is 1. The standard InChI is InChI=1S/C9H11N3OS/c1-12-5-4-10-9(12)8(11-13)7-3-2-6-14-7/h2-6,8,11,13H,1H3. The van der Waals surface area contributed by atoms with Crippen LogP contribution in [0.4, 0.5) is 0 Å². The Morgan fingerprint density at radius 3 is 3.00 bits per heavy atom. The van der Waals surface area contributed by atoms with Crippen LogP contribution in [0.1, 0.15) is 16.7 Å². The first-order chi connectivity index (χ1) is 6.83. The molecular formula is C9H11N3OS. The molecule has 5 heteroatoms. The first-order valence-corrected chi connectivity index (χ1v) is 5.11. The van der Waals surface area contributed by atoms with Crippen LogP contribution in [0, 0.1) is 0 Å². The molecule has 2 N–H and O–H groups in total. The Hall–Kier alpha value is -1.17. The maximum Gasteiger partial charge on any atom is 0.133 e. The molecule has 1 atom stereocenters. The van der Waals surface area contributed by atoms with Crippen LogP contribution < -0.4 is 5.48 Å². The van der Waals surface area contributed by atoms with E-state index in [9.17, 15) is 0 Å². The summed E-state index contributed by atoms with van der Waals surface area (Å²) in [5.74, 6) is 0.801. The Bertz CT molecular complexity index is 396. The van der Waals surface area contributed by atoms with Crippen LogP contribution in [0.3, 0.4) is 0 Å². The van der Waals surface area contributed by atoms with Gasteiger partial charge in [-0.2, -0.15) is 5.48 Å². The van der Waals surface area contributed by atoms with Gasteiger partial charge in [-0.05, 0) is 11.4 Å². The van der Waals surface area contributed by atoms with E-state index < -0.39 is 0 Å². The van der Waals surface area contributed by atoms with Crippen molar-refractivity contribution in [1.29, 1.82) is 0 Å². The summed E-state index contributed by atoms with van der Waals surface area (Å²) in [5, 5.41) is 11.1. The van der Waals surface area contributed by atoms with E-state index in [2.05, 4.69) is 10.5 Å². The number of nitrogens with one attached hydrogen (secondary N) is 1. The molecule has 14 heavy (non-hydrogen) atoms. The first kappa shape index (κ1) is 9.39. The van der Waals surface area contributed by atoms with Gasteiger partial charge in [0.1, 0.15) is 11.9 Å². The monoisotopic (exact) mass is 209 g/mol. The van der Waals surface area contributed by atoms with Gasteiger partial charge in [0.25, 0.3) is 0 Å². The van der Waals surface area contributed by atoms with Gasteiger partial charge >= 0.3 is 0 Å². The van der Waals surface area contributed by atoms with Crippen LogP contribution in [0.2, 0.25) is 0 Å². The molecule has 0 saturated carbocycles. The molecule has 0 aliphatic heterocycles. The van der Waals surface area contributed by atoms with Gasteiger partial charge in [0.15, 0.2) is 0 Å². The number of imidazole rings is 1. The molecule has 0 aliphatic carbocycles. The van der Waals surface area contributed by atoms with Crippen molar-refractivity contribution in [3.8, 4) is 0 Å². The molecule has 2 aromatic heterocycles. The summed E-state index contributed by atoms with van der Waals surface area (Å²) in [6.07, 6.45) is 3.57. The van der Waals surface area contributed by atoms with Crippen LogP contribution in [-0.2, 0) is 7.05 Å². The van der Waals surface area contributed by atoms with Crippen LogP contribution in [0.25, 0.3) is 0 Å². The van der Waals surface area contributed by atoms with E-state index in [-0.39, 0.29) is 6.04 Å². The fourth-order valence-corrected chi connectivity index (χ4v) is 2.13. The van der Waals surface area contributed by atoms with Gasteiger partial charge < -0.3 is 9.77 Å². The Kier molecular flexibility index (Phi) is 2.62. The van der Waals surface area contributed by atoms with Gasteiger partial charge in [-0.3, -0.25) is 0 Å². The first-order valence-electron chi connectivity index (χ1n) is 4.23. The molecule has 4 nitrogen and oxygen atoms in total. The molecular weight excluding hydrogens is 198 g/mol. The Balaban J connectivity index is 2.36. The number of nitrogens with zero attached hydrogens (tertiary/aromatic N) is 2. The molecule has 0 radical (unpaired) electrons. The number of hydrogen-bond donors (Lipinski definition) is 2. The minimum Gasteiger partial charge on any atom is -0.336 e. The summed E-state index contributed by atoms with van der Waals surface area (Å²) in [4.78, 5) is 5.23. The minimum atomic E-state index is -0.241. The lowest BCUT2D eigenvalue weighted by atomic mass is 10.2. The summed E-state index contributed by atoms with van der Waals surface area (Å²) in [5.41, 5.74) is 2.27. The third kappa shape index (κ3) is 1.57. The molecule has 2 heterocycles. The van der Waals surface area contributed by atoms with Crippen molar-refractivity contribution in [2.24, 2.45) is 7.05 Å². The molecule has 0 aliphatic rings. The maximum atomic E-state index is 9.10. The van der Waals surface area contributed by atoms with Gasteiger partial charge in [-0.25, -0.2) is 4.98 Å². The molecule has 2 aromatic rings. The second kappa shape index (κ2) is 3.91. The van der Waals surface area contributed by atoms with Crippen molar-refractivity contribution in [2.45, 2.75) is 6.04 Å². The summed E-state index contributed by atoms with van der Waals surface area (Å²) < 4.78 is 1.88. The normalized spacial score (nSPS) is 13.0. The third-order valence-electron chi connectivity index (χ3n) is 2.07. The SMILES string of the molecule is Cn1ccnc1C(NO)c1cccs1. The average molecular weight is 209 g/mol.